The van der Waals surface area contributed by atoms with Crippen molar-refractivity contribution in [2.45, 2.75) is 97.3 Å². The molecule has 2 aliphatic rings. The number of amides is 3. The van der Waals surface area contributed by atoms with Gasteiger partial charge in [-0.1, -0.05) is 13.8 Å². The standard InChI is InChI=1S/C26H46N4O7S/c1-7-18(3)38(35,36)29-13-9-17(2)20(31)26(22(28)33)16-25(26,21(27)32)12-8-19-10-14-30(15-11-19)23(34)37-24(4,5)6/h17-19,29H,7-16H2,1-6H3,(H2,27,32)(H2,28,33)/t17?,18-,25-,26+/m0/s1. The van der Waals surface area contributed by atoms with Crippen molar-refractivity contribution in [1.82, 2.24) is 9.62 Å². The lowest BCUT2D eigenvalue weighted by atomic mass is 9.77. The van der Waals surface area contributed by atoms with Crippen LogP contribution in [0.15, 0.2) is 0 Å². The summed E-state index contributed by atoms with van der Waals surface area (Å²) in [6.45, 7) is 11.5. The molecule has 1 saturated carbocycles. The van der Waals surface area contributed by atoms with E-state index in [1.165, 1.54) is 0 Å². The minimum Gasteiger partial charge on any atom is -0.444 e. The predicted octanol–water partition coefficient (Wildman–Crippen LogP) is 2.07. The van der Waals surface area contributed by atoms with Crippen LogP contribution in [-0.2, 0) is 29.1 Å². The van der Waals surface area contributed by atoms with Crippen LogP contribution in [0.5, 0.6) is 0 Å². The molecule has 1 unspecified atom stereocenters. The van der Waals surface area contributed by atoms with Crippen LogP contribution in [0.2, 0.25) is 0 Å². The van der Waals surface area contributed by atoms with E-state index in [-0.39, 0.29) is 37.8 Å². The van der Waals surface area contributed by atoms with E-state index < -0.39 is 55.2 Å². The fourth-order valence-electron chi connectivity index (χ4n) is 5.41. The van der Waals surface area contributed by atoms with Crippen molar-refractivity contribution in [3.63, 3.8) is 0 Å². The first-order chi connectivity index (χ1) is 17.4. The zero-order chi connectivity index (χ0) is 29.1. The average Bonchev–Trinajstić information content (AvgIpc) is 3.52. The highest BCUT2D eigenvalue weighted by atomic mass is 32.2. The highest BCUT2D eigenvalue weighted by Gasteiger charge is 2.78. The first-order valence-corrected chi connectivity index (χ1v) is 15.1. The summed E-state index contributed by atoms with van der Waals surface area (Å²) in [6.07, 6.45) is 2.47. The van der Waals surface area contributed by atoms with Crippen molar-refractivity contribution in [1.29, 1.82) is 0 Å². The van der Waals surface area contributed by atoms with Gasteiger partial charge in [0.15, 0.2) is 5.78 Å². The summed E-state index contributed by atoms with van der Waals surface area (Å²) in [5.74, 6) is -2.56. The summed E-state index contributed by atoms with van der Waals surface area (Å²) >= 11 is 0. The van der Waals surface area contributed by atoms with Crippen LogP contribution >= 0.6 is 0 Å². The summed E-state index contributed by atoms with van der Waals surface area (Å²) in [7, 11) is -3.50. The molecule has 0 aromatic heterocycles. The molecule has 2 fully saturated rings. The second-order valence-corrected chi connectivity index (χ2v) is 14.2. The first-order valence-electron chi connectivity index (χ1n) is 13.5. The van der Waals surface area contributed by atoms with Crippen molar-refractivity contribution < 1.29 is 32.3 Å². The van der Waals surface area contributed by atoms with Crippen molar-refractivity contribution >= 4 is 33.7 Å². The van der Waals surface area contributed by atoms with Gasteiger partial charge in [0.25, 0.3) is 0 Å². The van der Waals surface area contributed by atoms with Crippen molar-refractivity contribution in [3.8, 4) is 0 Å². The van der Waals surface area contributed by atoms with Crippen molar-refractivity contribution in [2.75, 3.05) is 19.6 Å². The number of ketones is 1. The molecule has 12 heteroatoms. The number of carbonyl (C=O) groups is 4. The van der Waals surface area contributed by atoms with Crippen LogP contribution in [0, 0.1) is 22.7 Å². The van der Waals surface area contributed by atoms with Crippen molar-refractivity contribution in [3.05, 3.63) is 0 Å². The first kappa shape index (κ1) is 32.0. The van der Waals surface area contributed by atoms with Crippen molar-refractivity contribution in [2.24, 2.45) is 34.1 Å². The van der Waals surface area contributed by atoms with Gasteiger partial charge in [0.2, 0.25) is 21.8 Å². The quantitative estimate of drug-likeness (QED) is 0.289. The molecule has 2 rings (SSSR count). The zero-order valence-electron chi connectivity index (χ0n) is 23.7. The molecule has 218 valence electrons. The Bertz CT molecular complexity index is 1020. The molecule has 0 aromatic rings. The number of piperidine rings is 1. The van der Waals surface area contributed by atoms with E-state index in [9.17, 15) is 27.6 Å². The molecule has 1 saturated heterocycles. The number of sulfonamides is 1. The molecule has 0 radical (unpaired) electrons. The summed E-state index contributed by atoms with van der Waals surface area (Å²) < 4.78 is 32.4. The van der Waals surface area contributed by atoms with E-state index >= 15 is 0 Å². The number of ether oxygens (including phenoxy) is 1. The summed E-state index contributed by atoms with van der Waals surface area (Å²) in [5.41, 5.74) is 7.88. The molecule has 11 nitrogen and oxygen atoms in total. The lowest BCUT2D eigenvalue weighted by Gasteiger charge is -2.34. The molecule has 0 spiro atoms. The van der Waals surface area contributed by atoms with Gasteiger partial charge < -0.3 is 21.1 Å². The number of nitrogens with one attached hydrogen (secondary N) is 1. The molecule has 5 N–H and O–H groups in total. The second kappa shape index (κ2) is 11.9. The SMILES string of the molecule is CC[C@H](C)S(=O)(=O)NCCC(C)C(=O)[C@@]1(C(N)=O)C[C@@]1(CCC1CCN(C(=O)OC(C)(C)C)CC1)C(N)=O. The Morgan fingerprint density at radius 1 is 1.08 bits per heavy atom. The van der Waals surface area contributed by atoms with Crippen LogP contribution in [0.3, 0.4) is 0 Å². The minimum absolute atomic E-state index is 0.0246. The third-order valence-corrected chi connectivity index (χ3v) is 10.2. The molecule has 4 atom stereocenters. The number of likely N-dealkylation sites (tertiary alicyclic amines) is 1. The van der Waals surface area contributed by atoms with E-state index in [2.05, 4.69) is 4.72 Å². The van der Waals surface area contributed by atoms with Crippen LogP contribution in [0.1, 0.15) is 86.5 Å². The minimum atomic E-state index is -3.50. The van der Waals surface area contributed by atoms with Crippen LogP contribution in [0.25, 0.3) is 0 Å². The van der Waals surface area contributed by atoms with Gasteiger partial charge in [0, 0.05) is 25.6 Å². The number of nitrogens with two attached hydrogens (primary N) is 2. The fraction of sp³-hybridized carbons (Fsp3) is 0.846. The number of primary amides is 2. The molecule has 3 amide bonds. The molecular formula is C26H46N4O7S. The lowest BCUT2D eigenvalue weighted by molar-refractivity contribution is -0.142. The smallest absolute Gasteiger partial charge is 0.410 e. The van der Waals surface area contributed by atoms with E-state index in [1.54, 1.807) is 25.7 Å². The summed E-state index contributed by atoms with van der Waals surface area (Å²) in [5, 5.41) is -0.563. The third kappa shape index (κ3) is 6.86. The maximum absolute atomic E-state index is 13.5. The van der Waals surface area contributed by atoms with Crippen LogP contribution in [-0.4, -0.2) is 67.5 Å². The van der Waals surface area contributed by atoms with Gasteiger partial charge in [0.05, 0.1) is 10.7 Å². The van der Waals surface area contributed by atoms with E-state index in [0.29, 0.717) is 38.8 Å². The molecule has 0 aromatic carbocycles. The maximum Gasteiger partial charge on any atom is 0.410 e. The molecule has 1 aliphatic carbocycles. The third-order valence-electron chi connectivity index (χ3n) is 8.25. The van der Waals surface area contributed by atoms with E-state index in [0.717, 1.165) is 0 Å². The van der Waals surface area contributed by atoms with Gasteiger partial charge in [-0.2, -0.15) is 0 Å². The van der Waals surface area contributed by atoms with Gasteiger partial charge >= 0.3 is 6.09 Å². The average molecular weight is 559 g/mol. The highest BCUT2D eigenvalue weighted by molar-refractivity contribution is 7.90. The Balaban J connectivity index is 2.02. The normalized spacial score (nSPS) is 25.9. The zero-order valence-corrected chi connectivity index (χ0v) is 24.5. The van der Waals surface area contributed by atoms with Crippen LogP contribution < -0.4 is 16.2 Å². The maximum atomic E-state index is 13.5. The Kier molecular flexibility index (Phi) is 10.0. The Labute approximate surface area is 226 Å². The van der Waals surface area contributed by atoms with Gasteiger partial charge in [-0.05, 0) is 78.6 Å². The monoisotopic (exact) mass is 558 g/mol. The summed E-state index contributed by atoms with van der Waals surface area (Å²) in [4.78, 5) is 52.7. The molecule has 1 aliphatic heterocycles. The molecule has 0 bridgehead atoms. The van der Waals surface area contributed by atoms with E-state index in [4.69, 9.17) is 16.2 Å². The number of hydrogen-bond donors (Lipinski definition) is 3. The Hall–Kier alpha value is -2.21. The van der Waals surface area contributed by atoms with Gasteiger partial charge in [-0.25, -0.2) is 17.9 Å². The second-order valence-electron chi connectivity index (χ2n) is 12.1. The number of nitrogens with zero attached hydrogens (tertiary/aromatic N) is 1. The van der Waals surface area contributed by atoms with Crippen LogP contribution in [0.4, 0.5) is 4.79 Å². The topological polar surface area (TPSA) is 179 Å². The molecular weight excluding hydrogens is 512 g/mol. The number of rotatable bonds is 13. The Morgan fingerprint density at radius 2 is 1.66 bits per heavy atom. The van der Waals surface area contributed by atoms with Gasteiger partial charge in [0.1, 0.15) is 11.0 Å². The fourth-order valence-corrected chi connectivity index (χ4v) is 6.54. The lowest BCUT2D eigenvalue weighted by Crippen LogP contribution is -2.45. The molecule has 1 heterocycles. The number of Topliss-reactive ketones (excluding diaryl/α,β-unsaturated/α-hetero) is 1. The number of carbonyl (C=O) groups excluding carboxylic acids is 4. The Morgan fingerprint density at radius 3 is 2.13 bits per heavy atom. The highest BCUT2D eigenvalue weighted by Crippen LogP contribution is 2.68. The molecule has 38 heavy (non-hydrogen) atoms. The van der Waals surface area contributed by atoms with Gasteiger partial charge in [-0.3, -0.25) is 14.4 Å². The summed E-state index contributed by atoms with van der Waals surface area (Å²) in [6, 6.07) is 0. The van der Waals surface area contributed by atoms with E-state index in [1.807, 2.05) is 20.8 Å². The largest absolute Gasteiger partial charge is 0.444 e. The predicted molar refractivity (Wildman–Crippen MR) is 143 cm³/mol. The van der Waals surface area contributed by atoms with Gasteiger partial charge in [-0.15, -0.1) is 0 Å². The number of hydrogen-bond acceptors (Lipinski definition) is 7.